The molecule has 0 atom stereocenters. The van der Waals surface area contributed by atoms with Crippen LogP contribution < -0.4 is 10.0 Å². The van der Waals surface area contributed by atoms with Gasteiger partial charge in [-0.15, -0.1) is 0 Å². The van der Waals surface area contributed by atoms with Gasteiger partial charge in [0.05, 0.1) is 11.1 Å². The summed E-state index contributed by atoms with van der Waals surface area (Å²) in [6, 6.07) is 6.46. The van der Waals surface area contributed by atoms with Gasteiger partial charge in [0.2, 0.25) is 0 Å². The summed E-state index contributed by atoms with van der Waals surface area (Å²) >= 11 is 0. The SMILES string of the molecule is Cc1oncc1C(=O)Nc1ccc(NS(=O)(=O)c2c(C)c(C)c(C)c(C)c2C)cc1. The van der Waals surface area contributed by atoms with E-state index in [1.807, 2.05) is 34.6 Å². The Kier molecular flexibility index (Phi) is 5.72. The molecule has 158 valence electrons. The molecule has 0 bridgehead atoms. The van der Waals surface area contributed by atoms with E-state index in [1.165, 1.54) is 6.20 Å². The lowest BCUT2D eigenvalue weighted by molar-refractivity contribution is 0.102. The topological polar surface area (TPSA) is 101 Å². The highest BCUT2D eigenvalue weighted by molar-refractivity contribution is 7.92. The molecular formula is C22H25N3O4S. The molecule has 3 rings (SSSR count). The molecule has 1 heterocycles. The van der Waals surface area contributed by atoms with Gasteiger partial charge in [0.25, 0.3) is 15.9 Å². The number of anilines is 2. The first-order valence-electron chi connectivity index (χ1n) is 9.45. The molecule has 3 aromatic rings. The van der Waals surface area contributed by atoms with Crippen LogP contribution in [0.5, 0.6) is 0 Å². The van der Waals surface area contributed by atoms with Gasteiger partial charge in [0.15, 0.2) is 0 Å². The minimum atomic E-state index is -3.77. The van der Waals surface area contributed by atoms with Crippen LogP contribution in [0, 0.1) is 41.5 Å². The third kappa shape index (κ3) is 3.95. The third-order valence-electron chi connectivity index (χ3n) is 5.59. The van der Waals surface area contributed by atoms with Crippen molar-refractivity contribution in [1.82, 2.24) is 5.16 Å². The standard InChI is InChI=1S/C22H25N3O4S/c1-12-13(2)15(4)21(16(5)14(12)3)30(27,28)25-19-9-7-18(8-10-19)24-22(26)20-11-23-29-17(20)6/h7-11,25H,1-6H3,(H,24,26). The second kappa shape index (κ2) is 7.95. The van der Waals surface area contributed by atoms with Crippen molar-refractivity contribution in [3.63, 3.8) is 0 Å². The van der Waals surface area contributed by atoms with E-state index >= 15 is 0 Å². The lowest BCUT2D eigenvalue weighted by Gasteiger charge is -2.19. The van der Waals surface area contributed by atoms with Crippen molar-refractivity contribution in [2.45, 2.75) is 46.4 Å². The summed E-state index contributed by atoms with van der Waals surface area (Å²) < 4.78 is 33.8. The van der Waals surface area contributed by atoms with E-state index in [0.717, 1.165) is 27.8 Å². The number of hydrogen-bond donors (Lipinski definition) is 2. The van der Waals surface area contributed by atoms with Crippen molar-refractivity contribution in [1.29, 1.82) is 0 Å². The van der Waals surface area contributed by atoms with Gasteiger partial charge in [-0.05, 0) is 93.6 Å². The maximum absolute atomic E-state index is 13.1. The maximum atomic E-state index is 13.1. The summed E-state index contributed by atoms with van der Waals surface area (Å²) in [5, 5.41) is 6.32. The molecule has 8 heteroatoms. The number of aryl methyl sites for hydroxylation is 1. The molecule has 0 saturated carbocycles. The number of hydrogen-bond acceptors (Lipinski definition) is 5. The van der Waals surface area contributed by atoms with Crippen LogP contribution in [-0.4, -0.2) is 19.5 Å². The molecule has 0 radical (unpaired) electrons. The number of benzene rings is 2. The van der Waals surface area contributed by atoms with Crippen LogP contribution in [-0.2, 0) is 10.0 Å². The maximum Gasteiger partial charge on any atom is 0.262 e. The first-order valence-corrected chi connectivity index (χ1v) is 10.9. The van der Waals surface area contributed by atoms with Gasteiger partial charge in [-0.3, -0.25) is 9.52 Å². The van der Waals surface area contributed by atoms with Crippen LogP contribution in [0.1, 0.15) is 43.9 Å². The molecule has 0 spiro atoms. The van der Waals surface area contributed by atoms with Crippen molar-refractivity contribution in [3.8, 4) is 0 Å². The summed E-state index contributed by atoms with van der Waals surface area (Å²) in [5.41, 5.74) is 5.82. The fourth-order valence-corrected chi connectivity index (χ4v) is 5.07. The Bertz CT molecular complexity index is 1200. The number of carbonyl (C=O) groups excluding carboxylic acids is 1. The molecule has 0 saturated heterocycles. The number of nitrogens with one attached hydrogen (secondary N) is 2. The average Bonchev–Trinajstić information content (AvgIpc) is 3.12. The van der Waals surface area contributed by atoms with Gasteiger partial charge in [-0.2, -0.15) is 0 Å². The Hall–Kier alpha value is -3.13. The van der Waals surface area contributed by atoms with E-state index in [4.69, 9.17) is 4.52 Å². The van der Waals surface area contributed by atoms with Crippen LogP contribution in [0.15, 0.2) is 39.9 Å². The van der Waals surface area contributed by atoms with Crippen LogP contribution in [0.3, 0.4) is 0 Å². The zero-order valence-electron chi connectivity index (χ0n) is 17.9. The second-order valence-electron chi connectivity index (χ2n) is 7.39. The van der Waals surface area contributed by atoms with Gasteiger partial charge in [-0.1, -0.05) is 5.16 Å². The quantitative estimate of drug-likeness (QED) is 0.621. The number of sulfonamides is 1. The Labute approximate surface area is 176 Å². The molecule has 1 amide bonds. The Balaban J connectivity index is 1.84. The number of amides is 1. The largest absolute Gasteiger partial charge is 0.361 e. The van der Waals surface area contributed by atoms with E-state index in [1.54, 1.807) is 31.2 Å². The minimum absolute atomic E-state index is 0.309. The van der Waals surface area contributed by atoms with E-state index in [-0.39, 0.29) is 5.91 Å². The fourth-order valence-electron chi connectivity index (χ4n) is 3.41. The van der Waals surface area contributed by atoms with Crippen molar-refractivity contribution in [2.75, 3.05) is 10.0 Å². The van der Waals surface area contributed by atoms with Crippen molar-refractivity contribution in [3.05, 3.63) is 69.6 Å². The highest BCUT2D eigenvalue weighted by atomic mass is 32.2. The van der Waals surface area contributed by atoms with E-state index in [9.17, 15) is 13.2 Å². The molecular weight excluding hydrogens is 402 g/mol. The van der Waals surface area contributed by atoms with Gasteiger partial charge < -0.3 is 9.84 Å². The summed E-state index contributed by atoms with van der Waals surface area (Å²) in [7, 11) is -3.77. The number of aromatic nitrogens is 1. The van der Waals surface area contributed by atoms with Crippen molar-refractivity contribution < 1.29 is 17.7 Å². The Morgan fingerprint density at radius 3 is 1.83 bits per heavy atom. The van der Waals surface area contributed by atoms with Crippen molar-refractivity contribution in [2.24, 2.45) is 0 Å². The summed E-state index contributed by atoms with van der Waals surface area (Å²) in [4.78, 5) is 12.5. The van der Waals surface area contributed by atoms with Gasteiger partial charge in [0.1, 0.15) is 11.3 Å². The predicted octanol–water partition coefficient (Wildman–Crippen LogP) is 4.58. The molecule has 0 aliphatic carbocycles. The molecule has 7 nitrogen and oxygen atoms in total. The third-order valence-corrected chi connectivity index (χ3v) is 7.24. The smallest absolute Gasteiger partial charge is 0.262 e. The lowest BCUT2D eigenvalue weighted by Crippen LogP contribution is -2.18. The summed E-state index contributed by atoms with van der Waals surface area (Å²) in [6.45, 7) is 11.2. The number of carbonyl (C=O) groups is 1. The molecule has 0 fully saturated rings. The Morgan fingerprint density at radius 2 is 1.33 bits per heavy atom. The van der Waals surface area contributed by atoms with Gasteiger partial charge in [0, 0.05) is 11.4 Å². The normalized spacial score (nSPS) is 11.4. The second-order valence-corrected chi connectivity index (χ2v) is 9.01. The first-order chi connectivity index (χ1) is 14.0. The summed E-state index contributed by atoms with van der Waals surface area (Å²) in [5.74, 6) is 0.0743. The fraction of sp³-hybridized carbons (Fsp3) is 0.273. The first kappa shape index (κ1) is 21.6. The van der Waals surface area contributed by atoms with E-state index < -0.39 is 10.0 Å². The lowest BCUT2D eigenvalue weighted by atomic mass is 9.95. The molecule has 2 aromatic carbocycles. The molecule has 2 N–H and O–H groups in total. The van der Waals surface area contributed by atoms with Gasteiger partial charge in [-0.25, -0.2) is 8.42 Å². The minimum Gasteiger partial charge on any atom is -0.361 e. The van der Waals surface area contributed by atoms with Gasteiger partial charge >= 0.3 is 0 Å². The van der Waals surface area contributed by atoms with E-state index in [0.29, 0.717) is 27.6 Å². The zero-order valence-corrected chi connectivity index (χ0v) is 18.7. The van der Waals surface area contributed by atoms with Crippen LogP contribution >= 0.6 is 0 Å². The Morgan fingerprint density at radius 1 is 0.833 bits per heavy atom. The monoisotopic (exact) mass is 427 g/mol. The van der Waals surface area contributed by atoms with Crippen molar-refractivity contribution >= 4 is 27.3 Å². The predicted molar refractivity (Wildman–Crippen MR) is 117 cm³/mol. The van der Waals surface area contributed by atoms with Crippen LogP contribution in [0.25, 0.3) is 0 Å². The number of rotatable bonds is 5. The van der Waals surface area contributed by atoms with E-state index in [2.05, 4.69) is 15.2 Å². The molecule has 0 aliphatic rings. The van der Waals surface area contributed by atoms with Crippen LogP contribution in [0.4, 0.5) is 11.4 Å². The highest BCUT2D eigenvalue weighted by Crippen LogP contribution is 2.31. The average molecular weight is 428 g/mol. The molecule has 1 aromatic heterocycles. The zero-order chi connectivity index (χ0) is 22.2. The highest BCUT2D eigenvalue weighted by Gasteiger charge is 2.23. The molecule has 0 unspecified atom stereocenters. The summed E-state index contributed by atoms with van der Waals surface area (Å²) in [6.07, 6.45) is 1.35. The number of nitrogens with zero attached hydrogens (tertiary/aromatic N) is 1. The molecule has 0 aliphatic heterocycles. The van der Waals surface area contributed by atoms with Crippen LogP contribution in [0.2, 0.25) is 0 Å². The molecule has 30 heavy (non-hydrogen) atoms.